The molecule has 1 aromatic carbocycles. The summed E-state index contributed by atoms with van der Waals surface area (Å²) in [4.78, 5) is 14.3. The van der Waals surface area contributed by atoms with Crippen molar-refractivity contribution in [2.45, 2.75) is 65.4 Å². The summed E-state index contributed by atoms with van der Waals surface area (Å²) in [7, 11) is 0. The Kier molecular flexibility index (Phi) is 7.51. The second kappa shape index (κ2) is 9.40. The molecule has 1 heterocycles. The summed E-state index contributed by atoms with van der Waals surface area (Å²) < 4.78 is 11.4. The van der Waals surface area contributed by atoms with E-state index >= 15 is 0 Å². The Hall–Kier alpha value is -1.55. The van der Waals surface area contributed by atoms with Crippen molar-refractivity contribution in [2.75, 3.05) is 26.3 Å². The summed E-state index contributed by atoms with van der Waals surface area (Å²) in [5.74, 6) is 0. The van der Waals surface area contributed by atoms with Crippen molar-refractivity contribution in [3.05, 3.63) is 35.9 Å². The lowest BCUT2D eigenvalue weighted by atomic mass is 9.76. The summed E-state index contributed by atoms with van der Waals surface area (Å²) in [6, 6.07) is 10.6. The molecule has 1 aliphatic rings. The van der Waals surface area contributed by atoms with Gasteiger partial charge in [-0.25, -0.2) is 4.79 Å². The van der Waals surface area contributed by atoms with E-state index in [1.807, 2.05) is 25.7 Å². The summed E-state index contributed by atoms with van der Waals surface area (Å²) >= 11 is 0. The van der Waals surface area contributed by atoms with Gasteiger partial charge in [-0.2, -0.15) is 0 Å². The maximum absolute atomic E-state index is 12.4. The highest BCUT2D eigenvalue weighted by molar-refractivity contribution is 5.68. The first-order chi connectivity index (χ1) is 12.3. The molecule has 1 amide bonds. The molecule has 1 aromatic rings. The fourth-order valence-electron chi connectivity index (χ4n) is 3.60. The van der Waals surface area contributed by atoms with Crippen molar-refractivity contribution in [3.8, 4) is 0 Å². The molecule has 0 radical (unpaired) electrons. The van der Waals surface area contributed by atoms with Crippen LogP contribution in [0.25, 0.3) is 0 Å². The third-order valence-electron chi connectivity index (χ3n) is 5.10. The van der Waals surface area contributed by atoms with Gasteiger partial charge in [-0.3, -0.25) is 0 Å². The van der Waals surface area contributed by atoms with Crippen LogP contribution in [-0.4, -0.2) is 42.9 Å². The number of rotatable bonds is 6. The topological polar surface area (TPSA) is 38.8 Å². The zero-order valence-corrected chi connectivity index (χ0v) is 16.9. The van der Waals surface area contributed by atoms with E-state index in [9.17, 15) is 4.79 Å². The maximum Gasteiger partial charge on any atom is 0.410 e. The van der Waals surface area contributed by atoms with Crippen molar-refractivity contribution >= 4 is 6.09 Å². The van der Waals surface area contributed by atoms with Gasteiger partial charge >= 0.3 is 6.09 Å². The number of nitrogens with zero attached hydrogens (tertiary/aromatic N) is 1. The van der Waals surface area contributed by atoms with Gasteiger partial charge in [0.1, 0.15) is 5.60 Å². The summed E-state index contributed by atoms with van der Waals surface area (Å²) in [6.45, 7) is 10.8. The van der Waals surface area contributed by atoms with Crippen LogP contribution in [-0.2, 0) is 15.9 Å². The molecule has 0 bridgehead atoms. The van der Waals surface area contributed by atoms with Gasteiger partial charge in [-0.1, -0.05) is 30.3 Å². The molecule has 0 aromatic heterocycles. The van der Waals surface area contributed by atoms with Gasteiger partial charge in [-0.05, 0) is 70.8 Å². The first-order valence-corrected chi connectivity index (χ1v) is 9.93. The van der Waals surface area contributed by atoms with E-state index < -0.39 is 5.60 Å². The molecule has 2 rings (SSSR count). The zero-order chi connectivity index (χ0) is 19.0. The van der Waals surface area contributed by atoms with E-state index in [0.29, 0.717) is 0 Å². The number of amides is 1. The van der Waals surface area contributed by atoms with E-state index in [4.69, 9.17) is 9.47 Å². The van der Waals surface area contributed by atoms with Gasteiger partial charge in [-0.15, -0.1) is 0 Å². The first-order valence-electron chi connectivity index (χ1n) is 9.93. The van der Waals surface area contributed by atoms with Crippen molar-refractivity contribution < 1.29 is 14.3 Å². The van der Waals surface area contributed by atoms with Gasteiger partial charge in [0.2, 0.25) is 0 Å². The molecular formula is C22H35NO3. The number of hydrogen-bond acceptors (Lipinski definition) is 3. The molecule has 4 nitrogen and oxygen atoms in total. The lowest BCUT2D eigenvalue weighted by Crippen LogP contribution is -2.38. The normalized spacial score (nSPS) is 21.3. The molecule has 0 spiro atoms. The molecule has 1 saturated heterocycles. The monoisotopic (exact) mass is 361 g/mol. The summed E-state index contributed by atoms with van der Waals surface area (Å²) in [5.41, 5.74) is 1.07. The molecule has 146 valence electrons. The van der Waals surface area contributed by atoms with Crippen LogP contribution in [0.3, 0.4) is 0 Å². The summed E-state index contributed by atoms with van der Waals surface area (Å²) in [5, 5.41) is 0. The van der Waals surface area contributed by atoms with Crippen molar-refractivity contribution in [2.24, 2.45) is 5.41 Å². The molecule has 4 heteroatoms. The van der Waals surface area contributed by atoms with Crippen LogP contribution in [0, 0.1) is 5.41 Å². The lowest BCUT2D eigenvalue weighted by Gasteiger charge is -2.33. The molecule has 1 aliphatic heterocycles. The van der Waals surface area contributed by atoms with Crippen LogP contribution < -0.4 is 0 Å². The Bertz CT molecular complexity index is 552. The Balaban J connectivity index is 2.00. The Morgan fingerprint density at radius 1 is 1.15 bits per heavy atom. The highest BCUT2D eigenvalue weighted by Gasteiger charge is 2.34. The average molecular weight is 362 g/mol. The number of likely N-dealkylation sites (tertiary alicyclic amines) is 1. The third kappa shape index (κ3) is 6.64. The first kappa shape index (κ1) is 20.8. The van der Waals surface area contributed by atoms with Crippen LogP contribution in [0.2, 0.25) is 0 Å². The highest BCUT2D eigenvalue weighted by atomic mass is 16.6. The third-order valence-corrected chi connectivity index (χ3v) is 5.10. The zero-order valence-electron chi connectivity index (χ0n) is 16.9. The maximum atomic E-state index is 12.4. The van der Waals surface area contributed by atoms with Crippen LogP contribution in [0.4, 0.5) is 4.79 Å². The lowest BCUT2D eigenvalue weighted by molar-refractivity contribution is 0.0199. The van der Waals surface area contributed by atoms with Gasteiger partial charge in [0.25, 0.3) is 0 Å². The van der Waals surface area contributed by atoms with Gasteiger partial charge in [0.05, 0.1) is 6.61 Å². The molecule has 0 unspecified atom stereocenters. The second-order valence-corrected chi connectivity index (χ2v) is 8.44. The minimum Gasteiger partial charge on any atom is -0.444 e. The second-order valence-electron chi connectivity index (χ2n) is 8.44. The van der Waals surface area contributed by atoms with Crippen LogP contribution in [0.15, 0.2) is 30.3 Å². The van der Waals surface area contributed by atoms with Crippen molar-refractivity contribution in [1.82, 2.24) is 4.90 Å². The Morgan fingerprint density at radius 2 is 1.88 bits per heavy atom. The molecule has 1 fully saturated rings. The number of hydrogen-bond donors (Lipinski definition) is 0. The average Bonchev–Trinajstić information content (AvgIpc) is 2.81. The molecular weight excluding hydrogens is 326 g/mol. The van der Waals surface area contributed by atoms with E-state index in [-0.39, 0.29) is 11.5 Å². The van der Waals surface area contributed by atoms with Crippen LogP contribution >= 0.6 is 0 Å². The quantitative estimate of drug-likeness (QED) is 0.710. The van der Waals surface area contributed by atoms with E-state index in [0.717, 1.165) is 58.4 Å². The predicted octanol–water partition coefficient (Wildman–Crippen LogP) is 5.06. The minimum absolute atomic E-state index is 0.141. The van der Waals surface area contributed by atoms with E-state index in [2.05, 4.69) is 37.3 Å². The van der Waals surface area contributed by atoms with Crippen LogP contribution in [0.1, 0.15) is 58.9 Å². The predicted molar refractivity (Wildman–Crippen MR) is 105 cm³/mol. The minimum atomic E-state index is -0.445. The molecule has 0 aliphatic carbocycles. The standard InChI is InChI=1S/C22H35NO3/c1-5-25-18-22(14-12-19-10-7-6-8-11-19)13-9-16-23(17-15-22)20(24)26-21(2,3)4/h6-8,10-11H,5,9,12-18H2,1-4H3/t22-/m1/s1. The Labute approximate surface area is 158 Å². The fraction of sp³-hybridized carbons (Fsp3) is 0.682. The smallest absolute Gasteiger partial charge is 0.410 e. The fourth-order valence-corrected chi connectivity index (χ4v) is 3.60. The SMILES string of the molecule is CCOC[C@@]1(CCc2ccccc2)CCCN(C(=O)OC(C)(C)C)CC1. The van der Waals surface area contributed by atoms with Gasteiger partial charge in [0.15, 0.2) is 0 Å². The van der Waals surface area contributed by atoms with Crippen molar-refractivity contribution in [3.63, 3.8) is 0 Å². The number of aryl methyl sites for hydroxylation is 1. The van der Waals surface area contributed by atoms with Crippen LogP contribution in [0.5, 0.6) is 0 Å². The Morgan fingerprint density at radius 3 is 2.54 bits per heavy atom. The highest BCUT2D eigenvalue weighted by Crippen LogP contribution is 2.37. The molecule has 0 N–H and O–H groups in total. The van der Waals surface area contributed by atoms with E-state index in [1.54, 1.807) is 0 Å². The van der Waals surface area contributed by atoms with Gasteiger partial charge in [0, 0.05) is 19.7 Å². The number of benzene rings is 1. The van der Waals surface area contributed by atoms with E-state index in [1.165, 1.54) is 5.56 Å². The van der Waals surface area contributed by atoms with Gasteiger partial charge < -0.3 is 14.4 Å². The number of carbonyl (C=O) groups excluding carboxylic acids is 1. The number of carbonyl (C=O) groups is 1. The molecule has 1 atom stereocenters. The largest absolute Gasteiger partial charge is 0.444 e. The molecule has 26 heavy (non-hydrogen) atoms. The summed E-state index contributed by atoms with van der Waals surface area (Å²) in [6.07, 6.45) is 5.03. The van der Waals surface area contributed by atoms with Crippen molar-refractivity contribution in [1.29, 1.82) is 0 Å². The molecule has 0 saturated carbocycles. The number of ether oxygens (including phenoxy) is 2.